The van der Waals surface area contributed by atoms with Crippen LogP contribution in [0, 0.1) is 0 Å². The Morgan fingerprint density at radius 1 is 1.12 bits per heavy atom. The van der Waals surface area contributed by atoms with Gasteiger partial charge in [-0.3, -0.25) is 14.8 Å². The van der Waals surface area contributed by atoms with Gasteiger partial charge in [0, 0.05) is 50.5 Å². The molecule has 1 aromatic carbocycles. The van der Waals surface area contributed by atoms with E-state index in [4.69, 9.17) is 9.73 Å². The molecule has 3 aliphatic heterocycles. The van der Waals surface area contributed by atoms with Crippen molar-refractivity contribution in [2.24, 2.45) is 4.99 Å². The first kappa shape index (κ1) is 23.5. The third-order valence-electron chi connectivity index (χ3n) is 7.66. The van der Waals surface area contributed by atoms with E-state index in [1.54, 1.807) is 0 Å². The Kier molecular flexibility index (Phi) is 8.44. The van der Waals surface area contributed by atoms with E-state index in [9.17, 15) is 0 Å². The number of guanidine groups is 1. The highest BCUT2D eigenvalue weighted by molar-refractivity contribution is 5.80. The number of aliphatic imine (C=N–C) groups is 1. The maximum atomic E-state index is 5.71. The normalized spacial score (nSPS) is 27.4. The molecule has 2 atom stereocenters. The molecule has 178 valence electrons. The number of hydrogen-bond acceptors (Lipinski definition) is 4. The number of ether oxygens (including phenoxy) is 1. The summed E-state index contributed by atoms with van der Waals surface area (Å²) in [5.41, 5.74) is 1.59. The fourth-order valence-electron chi connectivity index (χ4n) is 5.66. The van der Waals surface area contributed by atoms with Crippen LogP contribution < -0.4 is 10.6 Å². The smallest absolute Gasteiger partial charge is 0.191 e. The number of rotatable bonds is 7. The van der Waals surface area contributed by atoms with Gasteiger partial charge in [0.15, 0.2) is 5.96 Å². The summed E-state index contributed by atoms with van der Waals surface area (Å²) < 4.78 is 5.71. The van der Waals surface area contributed by atoms with Crippen molar-refractivity contribution in [3.05, 3.63) is 35.9 Å². The van der Waals surface area contributed by atoms with Gasteiger partial charge < -0.3 is 15.4 Å². The van der Waals surface area contributed by atoms with Crippen molar-refractivity contribution < 1.29 is 4.74 Å². The molecule has 0 radical (unpaired) electrons. The van der Waals surface area contributed by atoms with Gasteiger partial charge in [-0.15, -0.1) is 0 Å². The minimum Gasteiger partial charge on any atom is -0.381 e. The largest absolute Gasteiger partial charge is 0.381 e. The lowest BCUT2D eigenvalue weighted by atomic mass is 9.88. The molecule has 6 heteroatoms. The van der Waals surface area contributed by atoms with Crippen molar-refractivity contribution in [2.45, 2.75) is 76.5 Å². The van der Waals surface area contributed by atoms with Crippen LogP contribution in [-0.4, -0.2) is 79.3 Å². The minimum atomic E-state index is 0.184. The highest BCUT2D eigenvalue weighted by Crippen LogP contribution is 2.31. The molecule has 3 aliphatic rings. The Morgan fingerprint density at radius 3 is 2.56 bits per heavy atom. The van der Waals surface area contributed by atoms with E-state index < -0.39 is 0 Å². The zero-order valence-electron chi connectivity index (χ0n) is 20.2. The van der Waals surface area contributed by atoms with Gasteiger partial charge in [0.25, 0.3) is 0 Å². The second kappa shape index (κ2) is 11.5. The molecule has 1 aromatic rings. The average molecular weight is 442 g/mol. The number of piperidine rings is 1. The molecule has 32 heavy (non-hydrogen) atoms. The fourth-order valence-corrected chi connectivity index (χ4v) is 5.66. The van der Waals surface area contributed by atoms with E-state index in [1.807, 2.05) is 0 Å². The second-order valence-corrected chi connectivity index (χ2v) is 9.90. The van der Waals surface area contributed by atoms with E-state index in [1.165, 1.54) is 31.5 Å². The van der Waals surface area contributed by atoms with Crippen molar-refractivity contribution >= 4 is 5.96 Å². The summed E-state index contributed by atoms with van der Waals surface area (Å²) in [6.45, 7) is 12.6. The number of nitrogens with zero attached hydrogens (tertiary/aromatic N) is 3. The third kappa shape index (κ3) is 6.03. The molecule has 6 nitrogen and oxygen atoms in total. The molecular weight excluding hydrogens is 398 g/mol. The summed E-state index contributed by atoms with van der Waals surface area (Å²) in [6.07, 6.45) is 7.17. The fraction of sp³-hybridized carbons (Fsp3) is 0.731. The average Bonchev–Trinajstić information content (AvgIpc) is 3.37. The van der Waals surface area contributed by atoms with Crippen LogP contribution in [0.15, 0.2) is 35.3 Å². The molecule has 0 aromatic heterocycles. The van der Waals surface area contributed by atoms with Crippen LogP contribution >= 0.6 is 0 Å². The van der Waals surface area contributed by atoms with E-state index in [0.29, 0.717) is 12.1 Å². The van der Waals surface area contributed by atoms with Gasteiger partial charge in [0.1, 0.15) is 0 Å². The standard InChI is InChI=1S/C26H43N5O/c1-3-27-25(28-21-26(12-17-32-18-13-26)31-14-7-8-15-31)29-24-11-16-30(22(2)19-24)20-23-9-5-4-6-10-23/h4-6,9-10,22,24H,3,7-8,11-21H2,1-2H3,(H2,27,28,29). The zero-order valence-corrected chi connectivity index (χ0v) is 20.2. The van der Waals surface area contributed by atoms with Gasteiger partial charge in [-0.05, 0) is 71.0 Å². The highest BCUT2D eigenvalue weighted by Gasteiger charge is 2.39. The lowest BCUT2D eigenvalue weighted by Crippen LogP contribution is -2.55. The number of hydrogen-bond donors (Lipinski definition) is 2. The maximum Gasteiger partial charge on any atom is 0.191 e. The van der Waals surface area contributed by atoms with Crippen LogP contribution in [0.1, 0.15) is 57.9 Å². The van der Waals surface area contributed by atoms with Crippen molar-refractivity contribution in [1.82, 2.24) is 20.4 Å². The van der Waals surface area contributed by atoms with E-state index in [-0.39, 0.29) is 5.54 Å². The van der Waals surface area contributed by atoms with Crippen LogP contribution in [0.25, 0.3) is 0 Å². The first-order valence-electron chi connectivity index (χ1n) is 12.8. The van der Waals surface area contributed by atoms with Gasteiger partial charge in [-0.2, -0.15) is 0 Å². The Bertz CT molecular complexity index is 712. The lowest BCUT2D eigenvalue weighted by molar-refractivity contribution is -0.0139. The van der Waals surface area contributed by atoms with E-state index in [0.717, 1.165) is 71.0 Å². The van der Waals surface area contributed by atoms with Crippen molar-refractivity contribution in [2.75, 3.05) is 45.9 Å². The summed E-state index contributed by atoms with van der Waals surface area (Å²) in [4.78, 5) is 10.5. The van der Waals surface area contributed by atoms with Gasteiger partial charge in [0.05, 0.1) is 6.54 Å². The first-order chi connectivity index (χ1) is 15.7. The predicted octanol–water partition coefficient (Wildman–Crippen LogP) is 3.24. The third-order valence-corrected chi connectivity index (χ3v) is 7.66. The van der Waals surface area contributed by atoms with Gasteiger partial charge in [-0.25, -0.2) is 0 Å². The molecule has 2 N–H and O–H groups in total. The topological polar surface area (TPSA) is 52.1 Å². The molecule has 0 bridgehead atoms. The summed E-state index contributed by atoms with van der Waals surface area (Å²) in [5, 5.41) is 7.30. The van der Waals surface area contributed by atoms with Crippen molar-refractivity contribution in [3.63, 3.8) is 0 Å². The van der Waals surface area contributed by atoms with Crippen LogP contribution in [0.4, 0.5) is 0 Å². The molecule has 4 rings (SSSR count). The molecule has 2 unspecified atom stereocenters. The predicted molar refractivity (Wildman–Crippen MR) is 132 cm³/mol. The Balaban J connectivity index is 1.35. The Labute approximate surface area is 194 Å². The number of likely N-dealkylation sites (tertiary alicyclic amines) is 2. The number of nitrogens with one attached hydrogen (secondary N) is 2. The SMILES string of the molecule is CCNC(=NCC1(N2CCCC2)CCOCC1)NC1CCN(Cc2ccccc2)C(C)C1. The van der Waals surface area contributed by atoms with E-state index in [2.05, 4.69) is 64.6 Å². The quantitative estimate of drug-likeness (QED) is 0.503. The molecular formula is C26H43N5O. The summed E-state index contributed by atoms with van der Waals surface area (Å²) in [7, 11) is 0. The van der Waals surface area contributed by atoms with Crippen LogP contribution in [-0.2, 0) is 11.3 Å². The van der Waals surface area contributed by atoms with E-state index >= 15 is 0 Å². The highest BCUT2D eigenvalue weighted by atomic mass is 16.5. The lowest BCUT2D eigenvalue weighted by Gasteiger charge is -2.44. The number of benzene rings is 1. The van der Waals surface area contributed by atoms with Crippen LogP contribution in [0.5, 0.6) is 0 Å². The van der Waals surface area contributed by atoms with Crippen molar-refractivity contribution in [1.29, 1.82) is 0 Å². The molecule has 3 heterocycles. The van der Waals surface area contributed by atoms with Gasteiger partial charge >= 0.3 is 0 Å². The monoisotopic (exact) mass is 441 g/mol. The summed E-state index contributed by atoms with van der Waals surface area (Å²) >= 11 is 0. The van der Waals surface area contributed by atoms with Crippen LogP contribution in [0.3, 0.4) is 0 Å². The van der Waals surface area contributed by atoms with Crippen molar-refractivity contribution in [3.8, 4) is 0 Å². The Hall–Kier alpha value is -1.63. The molecule has 3 saturated heterocycles. The van der Waals surface area contributed by atoms with Gasteiger partial charge in [0.2, 0.25) is 0 Å². The molecule has 0 aliphatic carbocycles. The second-order valence-electron chi connectivity index (χ2n) is 9.90. The van der Waals surface area contributed by atoms with Gasteiger partial charge in [-0.1, -0.05) is 30.3 Å². The zero-order chi connectivity index (χ0) is 22.2. The molecule has 0 saturated carbocycles. The first-order valence-corrected chi connectivity index (χ1v) is 12.8. The Morgan fingerprint density at radius 2 is 1.88 bits per heavy atom. The minimum absolute atomic E-state index is 0.184. The van der Waals surface area contributed by atoms with Crippen LogP contribution in [0.2, 0.25) is 0 Å². The summed E-state index contributed by atoms with van der Waals surface area (Å²) in [6, 6.07) is 11.9. The molecule has 0 spiro atoms. The maximum absolute atomic E-state index is 5.71. The summed E-state index contributed by atoms with van der Waals surface area (Å²) in [5.74, 6) is 0.992. The molecule has 3 fully saturated rings. The molecule has 0 amide bonds.